The highest BCUT2D eigenvalue weighted by Gasteiger charge is 2.39. The number of ether oxygens (including phenoxy) is 1. The van der Waals surface area contributed by atoms with Crippen LogP contribution in [0.15, 0.2) is 40.7 Å². The van der Waals surface area contributed by atoms with Crippen molar-refractivity contribution in [3.8, 4) is 0 Å². The molecular formula is C21H23Cl2NO3S. The number of halogens is 2. The Morgan fingerprint density at radius 3 is 2.79 bits per heavy atom. The molecule has 2 aliphatic rings. The molecule has 0 spiro atoms. The maximum Gasteiger partial charge on any atom is 0.336 e. The summed E-state index contributed by atoms with van der Waals surface area (Å²) in [6.07, 6.45) is 2.07. The third-order valence-corrected chi connectivity index (χ3v) is 6.54. The molecule has 0 saturated carbocycles. The van der Waals surface area contributed by atoms with Gasteiger partial charge < -0.3 is 10.1 Å². The number of dihydropyridines is 1. The van der Waals surface area contributed by atoms with Gasteiger partial charge in [0.15, 0.2) is 5.78 Å². The molecule has 7 heteroatoms. The molecule has 28 heavy (non-hydrogen) atoms. The molecule has 0 amide bonds. The number of ketones is 1. The van der Waals surface area contributed by atoms with Crippen molar-refractivity contribution in [3.63, 3.8) is 0 Å². The average Bonchev–Trinajstić information content (AvgIpc) is 2.66. The third kappa shape index (κ3) is 4.42. The summed E-state index contributed by atoms with van der Waals surface area (Å²) < 4.78 is 5.52. The van der Waals surface area contributed by atoms with Crippen LogP contribution >= 0.6 is 35.0 Å². The first-order valence-electron chi connectivity index (χ1n) is 9.37. The number of hydrogen-bond donors (Lipinski definition) is 1. The minimum atomic E-state index is -0.495. The molecule has 1 aromatic rings. The molecule has 1 heterocycles. The first-order chi connectivity index (χ1) is 13.4. The maximum absolute atomic E-state index is 13.0. The van der Waals surface area contributed by atoms with Crippen LogP contribution < -0.4 is 5.32 Å². The normalized spacial score (nSPS) is 19.4. The molecule has 4 nitrogen and oxygen atoms in total. The van der Waals surface area contributed by atoms with Crippen LogP contribution in [0.2, 0.25) is 10.0 Å². The van der Waals surface area contributed by atoms with E-state index in [0.717, 1.165) is 41.3 Å². The molecule has 0 saturated heterocycles. The summed E-state index contributed by atoms with van der Waals surface area (Å²) in [5.74, 6) is 0.876. The summed E-state index contributed by atoms with van der Waals surface area (Å²) in [7, 11) is 0. The standard InChI is InChI=1S/C21H23Cl2NO3S/c1-3-28-10-9-27-21(26)18-12(2)24-16-5-4-6-17(25)20(16)19(18)13-7-8-14(22)15(23)11-13/h7-8,11,19,24H,3-6,9-10H2,1-2H3. The Morgan fingerprint density at radius 1 is 1.29 bits per heavy atom. The van der Waals surface area contributed by atoms with Crippen molar-refractivity contribution in [1.82, 2.24) is 5.32 Å². The third-order valence-electron chi connectivity index (χ3n) is 4.94. The Labute approximate surface area is 179 Å². The lowest BCUT2D eigenvalue weighted by molar-refractivity contribution is -0.138. The van der Waals surface area contributed by atoms with E-state index in [1.54, 1.807) is 23.9 Å². The molecule has 1 aliphatic carbocycles. The Kier molecular flexibility index (Phi) is 7.13. The van der Waals surface area contributed by atoms with E-state index in [4.69, 9.17) is 27.9 Å². The van der Waals surface area contributed by atoms with Gasteiger partial charge in [0.05, 0.1) is 15.6 Å². The monoisotopic (exact) mass is 439 g/mol. The molecule has 0 aromatic heterocycles. The molecule has 3 rings (SSSR count). The molecule has 0 radical (unpaired) electrons. The van der Waals surface area contributed by atoms with Gasteiger partial charge >= 0.3 is 5.97 Å². The van der Waals surface area contributed by atoms with E-state index >= 15 is 0 Å². The number of esters is 1. The fourth-order valence-corrected chi connectivity index (χ4v) is 4.49. The van der Waals surface area contributed by atoms with Crippen LogP contribution in [0, 0.1) is 0 Å². The van der Waals surface area contributed by atoms with Crippen molar-refractivity contribution >= 4 is 46.7 Å². The summed E-state index contributed by atoms with van der Waals surface area (Å²) >= 11 is 14.0. The number of rotatable bonds is 6. The molecule has 150 valence electrons. The number of benzene rings is 1. The molecule has 1 aromatic carbocycles. The van der Waals surface area contributed by atoms with Crippen molar-refractivity contribution in [2.75, 3.05) is 18.1 Å². The number of allylic oxidation sites excluding steroid dienone is 3. The van der Waals surface area contributed by atoms with E-state index in [1.807, 2.05) is 13.0 Å². The van der Waals surface area contributed by atoms with E-state index in [9.17, 15) is 9.59 Å². The molecule has 1 atom stereocenters. The lowest BCUT2D eigenvalue weighted by Gasteiger charge is -2.34. The Morgan fingerprint density at radius 2 is 2.07 bits per heavy atom. The second kappa shape index (κ2) is 9.38. The van der Waals surface area contributed by atoms with Crippen LogP contribution in [-0.2, 0) is 14.3 Å². The summed E-state index contributed by atoms with van der Waals surface area (Å²) in [5, 5.41) is 4.11. The van der Waals surface area contributed by atoms with Gasteiger partial charge in [-0.05, 0) is 43.2 Å². The Bertz CT molecular complexity index is 863. The minimum Gasteiger partial charge on any atom is -0.461 e. The van der Waals surface area contributed by atoms with Gasteiger partial charge in [-0.2, -0.15) is 11.8 Å². The van der Waals surface area contributed by atoms with Gasteiger partial charge in [0, 0.05) is 35.1 Å². The fourth-order valence-electron chi connectivity index (χ4n) is 3.69. The molecule has 1 unspecified atom stereocenters. The Balaban J connectivity index is 2.01. The zero-order chi connectivity index (χ0) is 20.3. The van der Waals surface area contributed by atoms with Crippen molar-refractivity contribution in [1.29, 1.82) is 0 Å². The summed E-state index contributed by atoms with van der Waals surface area (Å²) in [6.45, 7) is 4.25. The highest BCUT2D eigenvalue weighted by atomic mass is 35.5. The van der Waals surface area contributed by atoms with Gasteiger partial charge in [-0.25, -0.2) is 4.79 Å². The quantitative estimate of drug-likeness (QED) is 0.483. The first-order valence-corrected chi connectivity index (χ1v) is 11.3. The zero-order valence-corrected chi connectivity index (χ0v) is 18.3. The highest BCUT2D eigenvalue weighted by molar-refractivity contribution is 7.99. The summed E-state index contributed by atoms with van der Waals surface area (Å²) in [5.41, 5.74) is 3.49. The minimum absolute atomic E-state index is 0.0594. The van der Waals surface area contributed by atoms with Crippen molar-refractivity contribution < 1.29 is 14.3 Å². The topological polar surface area (TPSA) is 55.4 Å². The lowest BCUT2D eigenvalue weighted by Crippen LogP contribution is -2.34. The summed E-state index contributed by atoms with van der Waals surface area (Å²) in [6, 6.07) is 5.26. The van der Waals surface area contributed by atoms with Crippen molar-refractivity contribution in [2.45, 2.75) is 39.0 Å². The molecule has 0 bridgehead atoms. The Hall–Kier alpha value is -1.43. The van der Waals surface area contributed by atoms with Crippen LogP contribution in [0.25, 0.3) is 0 Å². The number of thioether (sulfide) groups is 1. The largest absolute Gasteiger partial charge is 0.461 e. The second-order valence-electron chi connectivity index (χ2n) is 6.77. The fraction of sp³-hybridized carbons (Fsp3) is 0.429. The molecular weight excluding hydrogens is 417 g/mol. The van der Waals surface area contributed by atoms with Crippen LogP contribution in [-0.4, -0.2) is 29.9 Å². The van der Waals surface area contributed by atoms with Gasteiger partial charge in [-0.3, -0.25) is 4.79 Å². The maximum atomic E-state index is 13.0. The van der Waals surface area contributed by atoms with Crippen LogP contribution in [0.3, 0.4) is 0 Å². The van der Waals surface area contributed by atoms with E-state index in [-0.39, 0.29) is 5.78 Å². The van der Waals surface area contributed by atoms with Gasteiger partial charge in [0.1, 0.15) is 6.61 Å². The van der Waals surface area contributed by atoms with Crippen LogP contribution in [0.5, 0.6) is 0 Å². The van der Waals surface area contributed by atoms with Gasteiger partial charge in [0.25, 0.3) is 0 Å². The van der Waals surface area contributed by atoms with E-state index in [0.29, 0.717) is 34.2 Å². The molecule has 1 aliphatic heterocycles. The van der Waals surface area contributed by atoms with Gasteiger partial charge in [-0.15, -0.1) is 0 Å². The van der Waals surface area contributed by atoms with E-state index in [2.05, 4.69) is 12.2 Å². The van der Waals surface area contributed by atoms with Crippen molar-refractivity contribution in [2.24, 2.45) is 0 Å². The number of carbonyl (C=O) groups excluding carboxylic acids is 2. The number of Topliss-reactive ketones (excluding diaryl/α,β-unsaturated/α-hetero) is 1. The first kappa shape index (κ1) is 21.3. The van der Waals surface area contributed by atoms with Gasteiger partial charge in [0.2, 0.25) is 0 Å². The van der Waals surface area contributed by atoms with E-state index in [1.165, 1.54) is 0 Å². The number of carbonyl (C=O) groups is 2. The smallest absolute Gasteiger partial charge is 0.336 e. The zero-order valence-electron chi connectivity index (χ0n) is 15.9. The average molecular weight is 440 g/mol. The van der Waals surface area contributed by atoms with Crippen LogP contribution in [0.4, 0.5) is 0 Å². The van der Waals surface area contributed by atoms with E-state index < -0.39 is 11.9 Å². The number of nitrogens with one attached hydrogen (secondary N) is 1. The van der Waals surface area contributed by atoms with Crippen molar-refractivity contribution in [3.05, 3.63) is 56.3 Å². The van der Waals surface area contributed by atoms with Gasteiger partial charge in [-0.1, -0.05) is 36.2 Å². The second-order valence-corrected chi connectivity index (χ2v) is 8.98. The van der Waals surface area contributed by atoms with Crippen LogP contribution in [0.1, 0.15) is 44.6 Å². The molecule has 1 N–H and O–H groups in total. The SMILES string of the molecule is CCSCCOC(=O)C1=C(C)NC2=C(C(=O)CCC2)C1c1ccc(Cl)c(Cl)c1. The predicted octanol–water partition coefficient (Wildman–Crippen LogP) is 5.26. The lowest BCUT2D eigenvalue weighted by atomic mass is 9.75. The highest BCUT2D eigenvalue weighted by Crippen LogP contribution is 2.43. The summed E-state index contributed by atoms with van der Waals surface area (Å²) in [4.78, 5) is 25.8. The molecule has 0 fully saturated rings. The number of hydrogen-bond acceptors (Lipinski definition) is 5. The predicted molar refractivity (Wildman–Crippen MR) is 115 cm³/mol.